The highest BCUT2D eigenvalue weighted by atomic mass is 35.5. The Labute approximate surface area is 156 Å². The van der Waals surface area contributed by atoms with Crippen molar-refractivity contribution in [3.8, 4) is 0 Å². The molecule has 1 saturated heterocycles. The fourth-order valence-corrected chi connectivity index (χ4v) is 2.98. The van der Waals surface area contributed by atoms with E-state index in [1.807, 2.05) is 0 Å². The summed E-state index contributed by atoms with van der Waals surface area (Å²) in [6, 6.07) is 0.690. The molecule has 0 aliphatic carbocycles. The van der Waals surface area contributed by atoms with Crippen LogP contribution < -0.4 is 10.2 Å². The van der Waals surface area contributed by atoms with Crippen molar-refractivity contribution in [3.05, 3.63) is 39.3 Å². The van der Waals surface area contributed by atoms with E-state index in [9.17, 15) is 23.3 Å². The second-order valence-electron chi connectivity index (χ2n) is 5.88. The minimum Gasteiger partial charge on any atom is -0.351 e. The first-order chi connectivity index (χ1) is 12.8. The Balaban J connectivity index is 1.96. The van der Waals surface area contributed by atoms with Crippen molar-refractivity contribution in [1.82, 2.24) is 15.0 Å². The van der Waals surface area contributed by atoms with Crippen LogP contribution in [0.1, 0.15) is 24.8 Å². The zero-order chi connectivity index (χ0) is 19.6. The lowest BCUT2D eigenvalue weighted by Gasteiger charge is -2.27. The summed E-state index contributed by atoms with van der Waals surface area (Å²) in [5.74, 6) is -0.207. The number of rotatable bonds is 4. The van der Waals surface area contributed by atoms with Gasteiger partial charge >= 0.3 is 11.9 Å². The lowest BCUT2D eigenvalue weighted by molar-refractivity contribution is -0.383. The van der Waals surface area contributed by atoms with Crippen LogP contribution in [0.3, 0.4) is 0 Å². The molecule has 2 aromatic heterocycles. The van der Waals surface area contributed by atoms with E-state index in [0.717, 1.165) is 25.6 Å². The average molecular weight is 403 g/mol. The van der Waals surface area contributed by atoms with Gasteiger partial charge in [-0.25, -0.2) is 15.0 Å². The van der Waals surface area contributed by atoms with Gasteiger partial charge in [0, 0.05) is 19.3 Å². The molecule has 3 heterocycles. The number of hydrogen-bond donors (Lipinski definition) is 1. The molecule has 0 amide bonds. The van der Waals surface area contributed by atoms with E-state index >= 15 is 0 Å². The summed E-state index contributed by atoms with van der Waals surface area (Å²) in [6.45, 7) is 1.24. The molecule has 1 N–H and O–H groups in total. The predicted molar refractivity (Wildman–Crippen MR) is 92.3 cm³/mol. The molecule has 27 heavy (non-hydrogen) atoms. The Morgan fingerprint density at radius 2 is 1.85 bits per heavy atom. The molecule has 1 aliphatic heterocycles. The van der Waals surface area contributed by atoms with E-state index in [1.165, 1.54) is 0 Å². The molecule has 0 spiro atoms. The van der Waals surface area contributed by atoms with Crippen LogP contribution in [-0.4, -0.2) is 33.0 Å². The fourth-order valence-electron chi connectivity index (χ4n) is 2.76. The first kappa shape index (κ1) is 19.1. The molecule has 144 valence electrons. The molecule has 0 saturated carbocycles. The Kier molecular flexibility index (Phi) is 5.31. The van der Waals surface area contributed by atoms with Gasteiger partial charge in [0.15, 0.2) is 5.82 Å². The maximum absolute atomic E-state index is 12.7. The van der Waals surface area contributed by atoms with E-state index in [-0.39, 0.29) is 28.2 Å². The van der Waals surface area contributed by atoms with Crippen molar-refractivity contribution in [1.29, 1.82) is 0 Å². The van der Waals surface area contributed by atoms with Gasteiger partial charge in [-0.05, 0) is 25.3 Å². The standard InChI is InChI=1S/C15H14ClF3N6O2/c16-10-6-9(15(17,18)19)7-20-12(10)23-13-11(25(26)27)14(22-8-21-13)24-4-2-1-3-5-24/h6-8H,1-5H2,(H,20,21,22,23). The van der Waals surface area contributed by atoms with E-state index in [4.69, 9.17) is 11.6 Å². The Morgan fingerprint density at radius 3 is 2.44 bits per heavy atom. The number of nitrogens with one attached hydrogen (secondary N) is 1. The maximum Gasteiger partial charge on any atom is 0.417 e. The third-order valence-electron chi connectivity index (χ3n) is 4.05. The van der Waals surface area contributed by atoms with Crippen molar-refractivity contribution in [2.75, 3.05) is 23.3 Å². The van der Waals surface area contributed by atoms with Gasteiger partial charge in [-0.3, -0.25) is 10.1 Å². The normalized spacial score (nSPS) is 14.9. The molecular formula is C15H14ClF3N6O2. The van der Waals surface area contributed by atoms with Gasteiger partial charge in [-0.15, -0.1) is 0 Å². The van der Waals surface area contributed by atoms with Gasteiger partial charge in [-0.1, -0.05) is 11.6 Å². The largest absolute Gasteiger partial charge is 0.417 e. The Morgan fingerprint density at radius 1 is 1.15 bits per heavy atom. The van der Waals surface area contributed by atoms with Crippen LogP contribution >= 0.6 is 11.6 Å². The van der Waals surface area contributed by atoms with E-state index < -0.39 is 16.7 Å². The van der Waals surface area contributed by atoms with Gasteiger partial charge in [0.1, 0.15) is 6.33 Å². The lowest BCUT2D eigenvalue weighted by Crippen LogP contribution is -2.31. The van der Waals surface area contributed by atoms with Crippen LogP contribution in [0, 0.1) is 10.1 Å². The molecular weight excluding hydrogens is 389 g/mol. The topological polar surface area (TPSA) is 97.1 Å². The smallest absolute Gasteiger partial charge is 0.351 e. The number of piperidine rings is 1. The number of halogens is 4. The Hall–Kier alpha value is -2.69. The average Bonchev–Trinajstić information content (AvgIpc) is 2.63. The fraction of sp³-hybridized carbons (Fsp3) is 0.400. The van der Waals surface area contributed by atoms with Crippen molar-refractivity contribution in [3.63, 3.8) is 0 Å². The molecule has 0 radical (unpaired) electrons. The van der Waals surface area contributed by atoms with Crippen LogP contribution in [0.25, 0.3) is 0 Å². The number of anilines is 3. The highest BCUT2D eigenvalue weighted by Gasteiger charge is 2.32. The zero-order valence-electron chi connectivity index (χ0n) is 13.8. The maximum atomic E-state index is 12.7. The molecule has 1 aliphatic rings. The van der Waals surface area contributed by atoms with Gasteiger partial charge in [0.25, 0.3) is 0 Å². The van der Waals surface area contributed by atoms with Crippen LogP contribution in [0.5, 0.6) is 0 Å². The van der Waals surface area contributed by atoms with Crippen molar-refractivity contribution >= 4 is 34.7 Å². The second kappa shape index (κ2) is 7.51. The summed E-state index contributed by atoms with van der Waals surface area (Å²) < 4.78 is 38.2. The quantitative estimate of drug-likeness (QED) is 0.605. The molecule has 2 aromatic rings. The van der Waals surface area contributed by atoms with E-state index in [0.29, 0.717) is 25.4 Å². The number of nitro groups is 1. The van der Waals surface area contributed by atoms with Crippen molar-refractivity contribution in [2.45, 2.75) is 25.4 Å². The predicted octanol–water partition coefficient (Wildman–Crippen LogP) is 4.19. The molecule has 0 unspecified atom stereocenters. The first-order valence-electron chi connectivity index (χ1n) is 8.01. The number of nitrogens with zero attached hydrogens (tertiary/aromatic N) is 5. The minimum absolute atomic E-state index is 0.153. The second-order valence-corrected chi connectivity index (χ2v) is 6.28. The van der Waals surface area contributed by atoms with Gasteiger partial charge < -0.3 is 10.2 Å². The van der Waals surface area contributed by atoms with Crippen LogP contribution in [0.4, 0.5) is 36.3 Å². The van der Waals surface area contributed by atoms with Crippen molar-refractivity contribution in [2.24, 2.45) is 0 Å². The van der Waals surface area contributed by atoms with Crippen LogP contribution in [0.15, 0.2) is 18.6 Å². The Bertz CT molecular complexity index is 858. The number of hydrogen-bond acceptors (Lipinski definition) is 7. The third-order valence-corrected chi connectivity index (χ3v) is 4.33. The minimum atomic E-state index is -4.60. The summed E-state index contributed by atoms with van der Waals surface area (Å²) in [6.07, 6.45) is -0.0560. The zero-order valence-corrected chi connectivity index (χ0v) is 14.6. The summed E-state index contributed by atoms with van der Waals surface area (Å²) in [7, 11) is 0. The van der Waals surface area contributed by atoms with Crippen LogP contribution in [0.2, 0.25) is 5.02 Å². The molecule has 12 heteroatoms. The number of aromatic nitrogens is 3. The third kappa shape index (κ3) is 4.18. The SMILES string of the molecule is O=[N+]([O-])c1c(Nc2ncc(C(F)(F)F)cc2Cl)ncnc1N1CCCCC1. The highest BCUT2D eigenvalue weighted by Crippen LogP contribution is 2.37. The monoisotopic (exact) mass is 402 g/mol. The number of pyridine rings is 1. The molecule has 0 bridgehead atoms. The lowest BCUT2D eigenvalue weighted by atomic mass is 10.1. The summed E-state index contributed by atoms with van der Waals surface area (Å²) in [5, 5.41) is 13.8. The van der Waals surface area contributed by atoms with Crippen LogP contribution in [-0.2, 0) is 6.18 Å². The number of alkyl halides is 3. The molecule has 0 atom stereocenters. The highest BCUT2D eigenvalue weighted by molar-refractivity contribution is 6.33. The molecule has 3 rings (SSSR count). The first-order valence-corrected chi connectivity index (χ1v) is 8.39. The molecule has 8 nitrogen and oxygen atoms in total. The van der Waals surface area contributed by atoms with E-state index in [2.05, 4.69) is 20.3 Å². The summed E-state index contributed by atoms with van der Waals surface area (Å²) >= 11 is 5.86. The molecule has 1 fully saturated rings. The van der Waals surface area contributed by atoms with Crippen molar-refractivity contribution < 1.29 is 18.1 Å². The van der Waals surface area contributed by atoms with Gasteiger partial charge in [0.05, 0.1) is 15.5 Å². The molecule has 0 aromatic carbocycles. The summed E-state index contributed by atoms with van der Waals surface area (Å²) in [4.78, 5) is 24.3. The summed E-state index contributed by atoms with van der Waals surface area (Å²) in [5.41, 5.74) is -1.40. The van der Waals surface area contributed by atoms with E-state index in [1.54, 1.807) is 4.90 Å². The van der Waals surface area contributed by atoms with Gasteiger partial charge in [-0.2, -0.15) is 13.2 Å². The van der Waals surface area contributed by atoms with Gasteiger partial charge in [0.2, 0.25) is 11.6 Å².